The molecule has 0 unspecified atom stereocenters. The lowest BCUT2D eigenvalue weighted by molar-refractivity contribution is -0.136. The predicted molar refractivity (Wildman–Crippen MR) is 122 cm³/mol. The average Bonchev–Trinajstić information content (AvgIpc) is 3.47. The number of fused-ring (bicyclic) bond motifs is 1. The molecule has 7 heteroatoms. The van der Waals surface area contributed by atoms with Crippen molar-refractivity contribution in [2.75, 3.05) is 26.2 Å². The number of piperazine rings is 1. The Labute approximate surface area is 191 Å². The molecule has 2 amide bonds. The molecule has 0 radical (unpaired) electrons. The van der Waals surface area contributed by atoms with E-state index in [0.29, 0.717) is 37.8 Å². The molecule has 0 spiro atoms. The Morgan fingerprint density at radius 1 is 0.935 bits per heavy atom. The first kappa shape index (κ1) is 20.7. The van der Waals surface area contributed by atoms with Crippen LogP contribution in [0, 0.1) is 5.92 Å². The van der Waals surface area contributed by atoms with Crippen molar-refractivity contribution in [1.29, 1.82) is 0 Å². The number of aromatic nitrogens is 2. The number of hydrogen-bond donors (Lipinski definition) is 0. The Hall–Kier alpha value is -2.15. The van der Waals surface area contributed by atoms with E-state index in [1.807, 2.05) is 38.7 Å². The molecule has 164 valence electrons. The summed E-state index contributed by atoms with van der Waals surface area (Å²) in [6.45, 7) is 2.46. The minimum absolute atomic E-state index is 0.0138. The van der Waals surface area contributed by atoms with Crippen LogP contribution in [0.2, 0.25) is 0 Å². The Balaban J connectivity index is 1.34. The van der Waals surface area contributed by atoms with Crippen LogP contribution in [-0.2, 0) is 17.6 Å². The first-order valence-corrected chi connectivity index (χ1v) is 12.4. The summed E-state index contributed by atoms with van der Waals surface area (Å²) in [6, 6.07) is 8.08. The third-order valence-corrected chi connectivity index (χ3v) is 7.51. The molecule has 0 atom stereocenters. The quantitative estimate of drug-likeness (QED) is 0.661. The van der Waals surface area contributed by atoms with Crippen LogP contribution in [0.5, 0.6) is 0 Å². The van der Waals surface area contributed by atoms with Crippen molar-refractivity contribution in [3.8, 4) is 5.69 Å². The molecule has 1 saturated heterocycles. The van der Waals surface area contributed by atoms with Gasteiger partial charge >= 0.3 is 0 Å². The van der Waals surface area contributed by atoms with Gasteiger partial charge in [0.15, 0.2) is 5.69 Å². The summed E-state index contributed by atoms with van der Waals surface area (Å²) in [5.74, 6) is 0.510. The van der Waals surface area contributed by atoms with Gasteiger partial charge in [-0.15, -0.1) is 0 Å². The molecular weight excluding hydrogens is 456 g/mol. The zero-order chi connectivity index (χ0) is 21.4. The number of halogens is 1. The molecule has 2 heterocycles. The van der Waals surface area contributed by atoms with E-state index in [4.69, 9.17) is 5.10 Å². The Bertz CT molecular complexity index is 987. The van der Waals surface area contributed by atoms with Crippen LogP contribution in [0.25, 0.3) is 5.69 Å². The first-order valence-electron chi connectivity index (χ1n) is 11.6. The Morgan fingerprint density at radius 3 is 2.39 bits per heavy atom. The molecule has 2 aliphatic carbocycles. The lowest BCUT2D eigenvalue weighted by atomic mass is 9.95. The van der Waals surface area contributed by atoms with Gasteiger partial charge in [0.25, 0.3) is 5.91 Å². The van der Waals surface area contributed by atoms with Gasteiger partial charge in [0.2, 0.25) is 5.91 Å². The maximum absolute atomic E-state index is 13.5. The summed E-state index contributed by atoms with van der Waals surface area (Å²) >= 11 is 3.55. The lowest BCUT2D eigenvalue weighted by Gasteiger charge is -2.35. The van der Waals surface area contributed by atoms with Gasteiger partial charge in [-0.25, -0.2) is 4.68 Å². The summed E-state index contributed by atoms with van der Waals surface area (Å²) in [4.78, 5) is 30.0. The molecule has 3 aliphatic rings. The molecule has 2 fully saturated rings. The van der Waals surface area contributed by atoms with Crippen molar-refractivity contribution in [1.82, 2.24) is 19.6 Å². The monoisotopic (exact) mass is 484 g/mol. The highest BCUT2D eigenvalue weighted by Crippen LogP contribution is 2.30. The predicted octanol–water partition coefficient (Wildman–Crippen LogP) is 3.99. The number of carbonyl (C=O) groups is 2. The van der Waals surface area contributed by atoms with E-state index in [0.717, 1.165) is 54.2 Å². The summed E-state index contributed by atoms with van der Waals surface area (Å²) < 4.78 is 2.97. The van der Waals surface area contributed by atoms with Crippen LogP contribution in [0.1, 0.15) is 60.3 Å². The van der Waals surface area contributed by atoms with Crippen LogP contribution in [0.4, 0.5) is 0 Å². The summed E-state index contributed by atoms with van der Waals surface area (Å²) in [6.07, 6.45) is 8.47. The standard InChI is InChI=1S/C24H29BrN4O2/c25-18-8-5-9-19(16-18)29-21-11-4-3-10-20(21)22(26-29)24(31)28-14-12-27(13-15-28)23(30)17-6-1-2-7-17/h5,8-9,16-17H,1-4,6-7,10-15H2. The fourth-order valence-electron chi connectivity index (χ4n) is 5.30. The number of nitrogens with zero attached hydrogens (tertiary/aromatic N) is 4. The fraction of sp³-hybridized carbons (Fsp3) is 0.542. The molecule has 1 aliphatic heterocycles. The van der Waals surface area contributed by atoms with Crippen LogP contribution >= 0.6 is 15.9 Å². The zero-order valence-corrected chi connectivity index (χ0v) is 19.4. The maximum Gasteiger partial charge on any atom is 0.274 e. The van der Waals surface area contributed by atoms with E-state index in [-0.39, 0.29) is 11.8 Å². The highest BCUT2D eigenvalue weighted by atomic mass is 79.9. The third kappa shape index (κ3) is 4.04. The summed E-state index contributed by atoms with van der Waals surface area (Å²) in [5.41, 5.74) is 3.87. The topological polar surface area (TPSA) is 58.4 Å². The second-order valence-electron chi connectivity index (χ2n) is 8.97. The van der Waals surface area contributed by atoms with Crippen LogP contribution in [0.15, 0.2) is 28.7 Å². The minimum Gasteiger partial charge on any atom is -0.339 e. The van der Waals surface area contributed by atoms with Crippen LogP contribution in [0.3, 0.4) is 0 Å². The van der Waals surface area contributed by atoms with E-state index in [2.05, 4.69) is 15.9 Å². The van der Waals surface area contributed by atoms with Gasteiger partial charge in [-0.3, -0.25) is 9.59 Å². The number of benzene rings is 1. The van der Waals surface area contributed by atoms with Gasteiger partial charge in [-0.1, -0.05) is 34.8 Å². The van der Waals surface area contributed by atoms with E-state index in [1.54, 1.807) is 0 Å². The van der Waals surface area contributed by atoms with E-state index >= 15 is 0 Å². The van der Waals surface area contributed by atoms with Gasteiger partial charge in [0.05, 0.1) is 5.69 Å². The second-order valence-corrected chi connectivity index (χ2v) is 9.89. The largest absolute Gasteiger partial charge is 0.339 e. The Kier molecular flexibility index (Phi) is 5.87. The molecule has 6 nitrogen and oxygen atoms in total. The summed E-state index contributed by atoms with van der Waals surface area (Å²) in [7, 11) is 0. The molecule has 5 rings (SSSR count). The number of carbonyl (C=O) groups excluding carboxylic acids is 2. The van der Waals surface area contributed by atoms with Gasteiger partial charge in [0, 0.05) is 47.8 Å². The second kappa shape index (κ2) is 8.77. The molecular formula is C24H29BrN4O2. The molecule has 31 heavy (non-hydrogen) atoms. The highest BCUT2D eigenvalue weighted by molar-refractivity contribution is 9.10. The average molecular weight is 485 g/mol. The van der Waals surface area contributed by atoms with Gasteiger partial charge < -0.3 is 9.80 Å². The Morgan fingerprint density at radius 2 is 1.65 bits per heavy atom. The van der Waals surface area contributed by atoms with Crippen molar-refractivity contribution >= 4 is 27.7 Å². The van der Waals surface area contributed by atoms with Crippen LogP contribution < -0.4 is 0 Å². The van der Waals surface area contributed by atoms with Crippen molar-refractivity contribution in [3.63, 3.8) is 0 Å². The number of rotatable bonds is 3. The van der Waals surface area contributed by atoms with Crippen molar-refractivity contribution < 1.29 is 9.59 Å². The smallest absolute Gasteiger partial charge is 0.274 e. The zero-order valence-electron chi connectivity index (χ0n) is 17.9. The minimum atomic E-state index is 0.0138. The SMILES string of the molecule is O=C(c1nn(-c2cccc(Br)c2)c2c1CCCC2)N1CCN(C(=O)C2CCCC2)CC1. The van der Waals surface area contributed by atoms with Crippen molar-refractivity contribution in [2.24, 2.45) is 5.92 Å². The molecule has 2 aromatic rings. The van der Waals surface area contributed by atoms with E-state index in [1.165, 1.54) is 18.5 Å². The lowest BCUT2D eigenvalue weighted by Crippen LogP contribution is -2.52. The molecule has 0 bridgehead atoms. The summed E-state index contributed by atoms with van der Waals surface area (Å²) in [5, 5.41) is 4.82. The van der Waals surface area contributed by atoms with Crippen LogP contribution in [-0.4, -0.2) is 57.6 Å². The number of amides is 2. The van der Waals surface area contributed by atoms with Crippen molar-refractivity contribution in [3.05, 3.63) is 45.7 Å². The van der Waals surface area contributed by atoms with E-state index in [9.17, 15) is 9.59 Å². The number of hydrogen-bond acceptors (Lipinski definition) is 3. The first-order chi connectivity index (χ1) is 15.1. The molecule has 1 saturated carbocycles. The van der Waals surface area contributed by atoms with E-state index < -0.39 is 0 Å². The highest BCUT2D eigenvalue weighted by Gasteiger charge is 2.33. The molecule has 1 aromatic heterocycles. The van der Waals surface area contributed by atoms with Gasteiger partial charge in [-0.2, -0.15) is 5.10 Å². The fourth-order valence-corrected chi connectivity index (χ4v) is 5.69. The molecule has 0 N–H and O–H groups in total. The van der Waals surface area contributed by atoms with Crippen molar-refractivity contribution in [2.45, 2.75) is 51.4 Å². The molecule has 1 aromatic carbocycles. The van der Waals surface area contributed by atoms with Gasteiger partial charge in [0.1, 0.15) is 0 Å². The normalized spacial score (nSPS) is 19.5. The third-order valence-electron chi connectivity index (χ3n) is 7.02. The maximum atomic E-state index is 13.5. The van der Waals surface area contributed by atoms with Gasteiger partial charge in [-0.05, 0) is 56.7 Å².